The molecule has 9 heteroatoms. The number of rotatable bonds is 5. The minimum atomic E-state index is -3.85. The van der Waals surface area contributed by atoms with Gasteiger partial charge in [0.2, 0.25) is 10.0 Å². The van der Waals surface area contributed by atoms with Gasteiger partial charge in [-0.25, -0.2) is 17.9 Å². The molecule has 0 aliphatic heterocycles. The number of carbonyl (C=O) groups excluding carboxylic acids is 1. The Labute approximate surface area is 122 Å². The van der Waals surface area contributed by atoms with Gasteiger partial charge in [0.15, 0.2) is 0 Å². The van der Waals surface area contributed by atoms with Crippen molar-refractivity contribution in [2.45, 2.75) is 4.90 Å². The number of hydrogen-bond donors (Lipinski definition) is 2. The number of carbonyl (C=O) groups is 1. The molecule has 0 aliphatic carbocycles. The summed E-state index contributed by atoms with van der Waals surface area (Å²) in [6, 6.07) is 3.90. The topological polar surface area (TPSA) is 98.5 Å². The predicted molar refractivity (Wildman–Crippen MR) is 74.3 cm³/mol. The van der Waals surface area contributed by atoms with Crippen LogP contribution in [-0.2, 0) is 14.8 Å². The van der Waals surface area contributed by atoms with Gasteiger partial charge in [0.25, 0.3) is 0 Å². The number of sulfonamides is 1. The summed E-state index contributed by atoms with van der Waals surface area (Å²) in [6.07, 6.45) is 0. The summed E-state index contributed by atoms with van der Waals surface area (Å²) >= 11 is 5.74. The Bertz CT molecular complexity index is 548. The van der Waals surface area contributed by atoms with Crippen molar-refractivity contribution in [2.75, 3.05) is 20.2 Å². The Balaban J connectivity index is 0.00000324. The van der Waals surface area contributed by atoms with Crippen LogP contribution in [0.3, 0.4) is 0 Å². The van der Waals surface area contributed by atoms with Crippen LogP contribution in [-0.4, -0.2) is 34.6 Å². The van der Waals surface area contributed by atoms with Crippen LogP contribution in [0.2, 0.25) is 5.02 Å². The van der Waals surface area contributed by atoms with E-state index in [4.69, 9.17) is 17.3 Å². The molecular formula is C10H14Cl2N2O4S. The molecule has 0 saturated carbocycles. The molecule has 0 bridgehead atoms. The molecule has 0 aliphatic rings. The third-order valence-corrected chi connectivity index (χ3v) is 3.81. The summed E-state index contributed by atoms with van der Waals surface area (Å²) in [4.78, 5) is 11.3. The number of halogens is 2. The maximum Gasteiger partial charge on any atom is 0.339 e. The highest BCUT2D eigenvalue weighted by Gasteiger charge is 2.22. The van der Waals surface area contributed by atoms with Crippen LogP contribution >= 0.6 is 24.0 Å². The number of methoxy groups -OCH3 is 1. The molecule has 0 atom stereocenters. The van der Waals surface area contributed by atoms with Crippen LogP contribution in [0.5, 0.6) is 0 Å². The predicted octanol–water partition coefficient (Wildman–Crippen LogP) is 0.785. The molecule has 0 aromatic heterocycles. The van der Waals surface area contributed by atoms with E-state index in [1.165, 1.54) is 25.3 Å². The highest BCUT2D eigenvalue weighted by molar-refractivity contribution is 7.89. The molecule has 1 rings (SSSR count). The Kier molecular flexibility index (Phi) is 7.32. The highest BCUT2D eigenvalue weighted by Crippen LogP contribution is 2.21. The molecule has 0 spiro atoms. The lowest BCUT2D eigenvalue weighted by atomic mass is 10.2. The first kappa shape index (κ1) is 18.1. The van der Waals surface area contributed by atoms with Gasteiger partial charge in [0, 0.05) is 18.1 Å². The standard InChI is InChI=1S/C10H13ClN2O4S.ClH/c1-17-10(14)8-3-2-7(11)6-9(8)18(15,16)13-5-4-12;/h2-3,6,13H,4-5,12H2,1H3;1H. The van der Waals surface area contributed by atoms with Crippen molar-refractivity contribution in [3.63, 3.8) is 0 Å². The number of benzene rings is 1. The maximum atomic E-state index is 12.0. The number of ether oxygens (including phenoxy) is 1. The second-order valence-corrected chi connectivity index (χ2v) is 5.49. The van der Waals surface area contributed by atoms with E-state index in [-0.39, 0.29) is 41.0 Å². The third-order valence-electron chi connectivity index (χ3n) is 2.07. The lowest BCUT2D eigenvalue weighted by molar-refractivity contribution is 0.0596. The lowest BCUT2D eigenvalue weighted by Gasteiger charge is -2.10. The Morgan fingerprint density at radius 1 is 1.47 bits per heavy atom. The summed E-state index contributed by atoms with van der Waals surface area (Å²) in [5.74, 6) is -0.750. The molecule has 0 fully saturated rings. The third kappa shape index (κ3) is 4.63. The molecule has 0 saturated heterocycles. The first-order valence-corrected chi connectivity index (χ1v) is 6.86. The Morgan fingerprint density at radius 2 is 2.11 bits per heavy atom. The smallest absolute Gasteiger partial charge is 0.339 e. The second-order valence-electron chi connectivity index (χ2n) is 3.32. The van der Waals surface area contributed by atoms with Crippen molar-refractivity contribution in [3.8, 4) is 0 Å². The van der Waals surface area contributed by atoms with Crippen LogP contribution in [0.25, 0.3) is 0 Å². The fourth-order valence-corrected chi connectivity index (χ4v) is 2.77. The van der Waals surface area contributed by atoms with Crippen LogP contribution in [0.1, 0.15) is 10.4 Å². The molecule has 0 radical (unpaired) electrons. The quantitative estimate of drug-likeness (QED) is 0.778. The fourth-order valence-electron chi connectivity index (χ4n) is 1.27. The highest BCUT2D eigenvalue weighted by atomic mass is 35.5. The average Bonchev–Trinajstić information content (AvgIpc) is 2.35. The number of nitrogens with one attached hydrogen (secondary N) is 1. The van der Waals surface area contributed by atoms with Crippen LogP contribution in [0.4, 0.5) is 0 Å². The molecule has 1 aromatic rings. The first-order valence-electron chi connectivity index (χ1n) is 5.00. The van der Waals surface area contributed by atoms with Gasteiger partial charge in [-0.05, 0) is 18.2 Å². The van der Waals surface area contributed by atoms with E-state index in [0.29, 0.717) is 0 Å². The van der Waals surface area contributed by atoms with E-state index < -0.39 is 16.0 Å². The van der Waals surface area contributed by atoms with Crippen molar-refractivity contribution in [1.29, 1.82) is 0 Å². The molecule has 3 N–H and O–H groups in total. The van der Waals surface area contributed by atoms with Gasteiger partial charge in [-0.3, -0.25) is 0 Å². The average molecular weight is 329 g/mol. The summed E-state index contributed by atoms with van der Waals surface area (Å²) in [7, 11) is -2.68. The van der Waals surface area contributed by atoms with Gasteiger partial charge in [-0.2, -0.15) is 0 Å². The molecule has 0 heterocycles. The monoisotopic (exact) mass is 328 g/mol. The summed E-state index contributed by atoms with van der Waals surface area (Å²) in [5, 5.41) is 0.204. The van der Waals surface area contributed by atoms with E-state index in [9.17, 15) is 13.2 Å². The van der Waals surface area contributed by atoms with Gasteiger partial charge < -0.3 is 10.5 Å². The Morgan fingerprint density at radius 3 is 2.63 bits per heavy atom. The molecule has 6 nitrogen and oxygen atoms in total. The zero-order valence-corrected chi connectivity index (χ0v) is 12.4. The minimum absolute atomic E-state index is 0. The largest absolute Gasteiger partial charge is 0.465 e. The molecule has 19 heavy (non-hydrogen) atoms. The second kappa shape index (κ2) is 7.66. The van der Waals surface area contributed by atoms with Crippen molar-refractivity contribution >= 4 is 40.0 Å². The van der Waals surface area contributed by atoms with E-state index in [1.807, 2.05) is 0 Å². The van der Waals surface area contributed by atoms with Crippen LogP contribution < -0.4 is 10.5 Å². The summed E-state index contributed by atoms with van der Waals surface area (Å²) < 4.78 is 30.7. The number of esters is 1. The van der Waals surface area contributed by atoms with Gasteiger partial charge in [0.1, 0.15) is 0 Å². The van der Waals surface area contributed by atoms with Crippen LogP contribution in [0.15, 0.2) is 23.1 Å². The molecule has 1 aromatic carbocycles. The number of hydrogen-bond acceptors (Lipinski definition) is 5. The molecular weight excluding hydrogens is 315 g/mol. The van der Waals surface area contributed by atoms with E-state index >= 15 is 0 Å². The Hall–Kier alpha value is -0.860. The van der Waals surface area contributed by atoms with Crippen molar-refractivity contribution < 1.29 is 17.9 Å². The van der Waals surface area contributed by atoms with Crippen molar-refractivity contribution in [2.24, 2.45) is 5.73 Å². The van der Waals surface area contributed by atoms with E-state index in [2.05, 4.69) is 9.46 Å². The minimum Gasteiger partial charge on any atom is -0.465 e. The normalized spacial score (nSPS) is 10.7. The fraction of sp³-hybridized carbons (Fsp3) is 0.300. The zero-order chi connectivity index (χ0) is 13.8. The maximum absolute atomic E-state index is 12.0. The summed E-state index contributed by atoms with van der Waals surface area (Å²) in [5.41, 5.74) is 5.15. The van der Waals surface area contributed by atoms with Gasteiger partial charge in [-0.15, -0.1) is 12.4 Å². The van der Waals surface area contributed by atoms with Crippen molar-refractivity contribution in [3.05, 3.63) is 28.8 Å². The van der Waals surface area contributed by atoms with E-state index in [1.54, 1.807) is 0 Å². The van der Waals surface area contributed by atoms with Gasteiger partial charge >= 0.3 is 5.97 Å². The summed E-state index contributed by atoms with van der Waals surface area (Å²) in [6.45, 7) is 0.211. The first-order chi connectivity index (χ1) is 8.42. The SMILES string of the molecule is COC(=O)c1ccc(Cl)cc1S(=O)(=O)NCCN.Cl. The van der Waals surface area contributed by atoms with Crippen LogP contribution in [0, 0.1) is 0 Å². The zero-order valence-electron chi connectivity index (χ0n) is 10.1. The molecule has 108 valence electrons. The number of nitrogens with two attached hydrogens (primary N) is 1. The molecule has 0 unspecified atom stereocenters. The molecule has 0 amide bonds. The van der Waals surface area contributed by atoms with Gasteiger partial charge in [0.05, 0.1) is 17.6 Å². The van der Waals surface area contributed by atoms with Crippen molar-refractivity contribution in [1.82, 2.24) is 4.72 Å². The lowest BCUT2D eigenvalue weighted by Crippen LogP contribution is -2.30. The van der Waals surface area contributed by atoms with Gasteiger partial charge in [-0.1, -0.05) is 11.6 Å². The van der Waals surface area contributed by atoms with E-state index in [0.717, 1.165) is 0 Å².